The normalized spacial score (nSPS) is 10.6. The zero-order chi connectivity index (χ0) is 14.0. The minimum atomic E-state index is -0.641. The molecule has 7 heteroatoms. The van der Waals surface area contributed by atoms with Gasteiger partial charge in [-0.25, -0.2) is 14.6 Å². The van der Waals surface area contributed by atoms with Crippen molar-refractivity contribution >= 4 is 11.6 Å². The van der Waals surface area contributed by atoms with Crippen LogP contribution < -0.4 is 11.5 Å². The highest BCUT2D eigenvalue weighted by Gasteiger charge is 2.19. The Bertz CT molecular complexity index is 619. The van der Waals surface area contributed by atoms with E-state index in [-0.39, 0.29) is 5.69 Å². The number of nitrogen functional groups attached to an aromatic ring is 1. The van der Waals surface area contributed by atoms with Gasteiger partial charge in [-0.15, -0.1) is 0 Å². The van der Waals surface area contributed by atoms with Crippen molar-refractivity contribution in [2.24, 2.45) is 5.73 Å². The lowest BCUT2D eigenvalue weighted by atomic mass is 10.2. The Morgan fingerprint density at radius 1 is 1.26 bits per heavy atom. The molecule has 0 aliphatic carbocycles. The van der Waals surface area contributed by atoms with Gasteiger partial charge in [-0.05, 0) is 12.8 Å². The number of aromatic nitrogens is 4. The molecule has 0 spiro atoms. The first kappa shape index (κ1) is 13.0. The van der Waals surface area contributed by atoms with Crippen LogP contribution in [0, 0.1) is 0 Å². The van der Waals surface area contributed by atoms with Crippen LogP contribution in [0.25, 0.3) is 5.82 Å². The Labute approximate surface area is 110 Å². The van der Waals surface area contributed by atoms with E-state index >= 15 is 0 Å². The molecule has 0 unspecified atom stereocenters. The molecule has 7 nitrogen and oxygen atoms in total. The second-order valence-electron chi connectivity index (χ2n) is 4.02. The van der Waals surface area contributed by atoms with E-state index in [1.807, 2.05) is 13.8 Å². The first-order valence-electron chi connectivity index (χ1n) is 6.07. The highest BCUT2D eigenvalue weighted by Crippen LogP contribution is 2.22. The van der Waals surface area contributed by atoms with Crippen LogP contribution in [0.5, 0.6) is 0 Å². The monoisotopic (exact) mass is 260 g/mol. The summed E-state index contributed by atoms with van der Waals surface area (Å²) in [6, 6.07) is 0. The van der Waals surface area contributed by atoms with E-state index in [0.717, 1.165) is 11.4 Å². The third-order valence-electron chi connectivity index (χ3n) is 2.88. The molecule has 2 aromatic heterocycles. The van der Waals surface area contributed by atoms with E-state index in [1.54, 1.807) is 4.68 Å². The molecule has 0 aliphatic heterocycles. The summed E-state index contributed by atoms with van der Waals surface area (Å²) in [6.07, 6.45) is 4.29. The fraction of sp³-hybridized carbons (Fsp3) is 0.333. The third kappa shape index (κ3) is 2.14. The molecule has 0 atom stereocenters. The van der Waals surface area contributed by atoms with Crippen LogP contribution in [0.4, 0.5) is 5.69 Å². The van der Waals surface area contributed by atoms with Gasteiger partial charge in [-0.1, -0.05) is 13.8 Å². The zero-order valence-corrected chi connectivity index (χ0v) is 10.9. The molecule has 2 aromatic rings. The van der Waals surface area contributed by atoms with Gasteiger partial charge < -0.3 is 11.5 Å². The number of nitrogens with two attached hydrogens (primary N) is 2. The summed E-state index contributed by atoms with van der Waals surface area (Å²) in [5, 5.41) is 4.39. The number of anilines is 1. The highest BCUT2D eigenvalue weighted by atomic mass is 16.1. The standard InChI is InChI=1S/C12H16N6O/c1-3-7-9(13)8(4-2)18(17-7)12-10(11(14)19)15-5-6-16-12/h5-6H,3-4,13H2,1-2H3,(H2,14,19). The summed E-state index contributed by atoms with van der Waals surface area (Å²) < 4.78 is 1.56. The largest absolute Gasteiger partial charge is 0.396 e. The Morgan fingerprint density at radius 3 is 2.53 bits per heavy atom. The minimum absolute atomic E-state index is 0.0855. The number of hydrogen-bond donors (Lipinski definition) is 2. The number of rotatable bonds is 4. The smallest absolute Gasteiger partial charge is 0.271 e. The Hall–Kier alpha value is -2.44. The number of primary amides is 1. The molecule has 0 saturated carbocycles. The van der Waals surface area contributed by atoms with E-state index in [9.17, 15) is 4.79 Å². The van der Waals surface area contributed by atoms with Crippen molar-refractivity contribution in [2.75, 3.05) is 5.73 Å². The van der Waals surface area contributed by atoms with Crippen molar-refractivity contribution in [3.05, 3.63) is 29.5 Å². The summed E-state index contributed by atoms with van der Waals surface area (Å²) in [4.78, 5) is 19.5. The lowest BCUT2D eigenvalue weighted by molar-refractivity contribution is 0.0995. The van der Waals surface area contributed by atoms with Crippen LogP contribution in [0.15, 0.2) is 12.4 Å². The third-order valence-corrected chi connectivity index (χ3v) is 2.88. The van der Waals surface area contributed by atoms with Gasteiger partial charge in [-0.3, -0.25) is 4.79 Å². The molecule has 0 aromatic carbocycles. The predicted octanol–water partition coefficient (Wildman–Crippen LogP) is 0.468. The Balaban J connectivity index is 2.68. The van der Waals surface area contributed by atoms with Crippen LogP contribution in [-0.2, 0) is 12.8 Å². The number of aryl methyl sites for hydroxylation is 1. The van der Waals surface area contributed by atoms with Gasteiger partial charge in [0.2, 0.25) is 0 Å². The highest BCUT2D eigenvalue weighted by molar-refractivity contribution is 5.93. The summed E-state index contributed by atoms with van der Waals surface area (Å²) >= 11 is 0. The minimum Gasteiger partial charge on any atom is -0.396 e. The van der Waals surface area contributed by atoms with Crippen molar-refractivity contribution in [3.63, 3.8) is 0 Å². The van der Waals surface area contributed by atoms with Gasteiger partial charge in [0.15, 0.2) is 11.5 Å². The van der Waals surface area contributed by atoms with Crippen LogP contribution in [-0.4, -0.2) is 25.7 Å². The molecule has 0 fully saturated rings. The SMILES string of the molecule is CCc1nn(-c2nccnc2C(N)=O)c(CC)c1N. The van der Waals surface area contributed by atoms with Crippen molar-refractivity contribution in [3.8, 4) is 5.82 Å². The molecular formula is C12H16N6O. The number of nitrogens with zero attached hydrogens (tertiary/aromatic N) is 4. The molecule has 4 N–H and O–H groups in total. The van der Waals surface area contributed by atoms with E-state index in [2.05, 4.69) is 15.1 Å². The number of carbonyl (C=O) groups excluding carboxylic acids is 1. The van der Waals surface area contributed by atoms with Gasteiger partial charge in [0.25, 0.3) is 5.91 Å². The summed E-state index contributed by atoms with van der Waals surface area (Å²) in [5.41, 5.74) is 13.6. The first-order valence-corrected chi connectivity index (χ1v) is 6.07. The second-order valence-corrected chi connectivity index (χ2v) is 4.02. The summed E-state index contributed by atoms with van der Waals surface area (Å²) in [5.74, 6) is -0.324. The second kappa shape index (κ2) is 5.05. The molecule has 19 heavy (non-hydrogen) atoms. The van der Waals surface area contributed by atoms with Gasteiger partial charge in [0.1, 0.15) is 0 Å². The summed E-state index contributed by atoms with van der Waals surface area (Å²) in [6.45, 7) is 3.93. The van der Waals surface area contributed by atoms with Crippen molar-refractivity contribution in [1.82, 2.24) is 19.7 Å². The molecule has 1 amide bonds. The number of carbonyl (C=O) groups is 1. The molecule has 100 valence electrons. The van der Waals surface area contributed by atoms with Crippen LogP contribution in [0.3, 0.4) is 0 Å². The molecule has 0 aliphatic rings. The maximum Gasteiger partial charge on any atom is 0.271 e. The van der Waals surface area contributed by atoms with E-state index < -0.39 is 5.91 Å². The topological polar surface area (TPSA) is 113 Å². The molecule has 0 bridgehead atoms. The maximum absolute atomic E-state index is 11.4. The van der Waals surface area contributed by atoms with Gasteiger partial charge in [0.05, 0.1) is 17.1 Å². The Kier molecular flexibility index (Phi) is 3.46. The van der Waals surface area contributed by atoms with E-state index in [4.69, 9.17) is 11.5 Å². The fourth-order valence-electron chi connectivity index (χ4n) is 1.95. The average molecular weight is 260 g/mol. The van der Waals surface area contributed by atoms with Gasteiger partial charge in [-0.2, -0.15) is 5.10 Å². The van der Waals surface area contributed by atoms with E-state index in [0.29, 0.717) is 24.3 Å². The molecule has 2 rings (SSSR count). The summed E-state index contributed by atoms with van der Waals surface area (Å²) in [7, 11) is 0. The van der Waals surface area contributed by atoms with Crippen molar-refractivity contribution in [1.29, 1.82) is 0 Å². The average Bonchev–Trinajstić information content (AvgIpc) is 2.74. The lowest BCUT2D eigenvalue weighted by Gasteiger charge is -2.07. The predicted molar refractivity (Wildman–Crippen MR) is 70.8 cm³/mol. The van der Waals surface area contributed by atoms with Crippen LogP contribution in [0.2, 0.25) is 0 Å². The molecular weight excluding hydrogens is 244 g/mol. The molecule has 0 saturated heterocycles. The zero-order valence-electron chi connectivity index (χ0n) is 10.9. The van der Waals surface area contributed by atoms with Gasteiger partial charge in [0, 0.05) is 12.4 Å². The number of hydrogen-bond acceptors (Lipinski definition) is 5. The molecule has 0 radical (unpaired) electrons. The molecule has 2 heterocycles. The number of amides is 1. The van der Waals surface area contributed by atoms with E-state index in [1.165, 1.54) is 12.4 Å². The quantitative estimate of drug-likeness (QED) is 0.829. The van der Waals surface area contributed by atoms with Crippen molar-refractivity contribution < 1.29 is 4.79 Å². The fourth-order valence-corrected chi connectivity index (χ4v) is 1.95. The van der Waals surface area contributed by atoms with Crippen molar-refractivity contribution in [2.45, 2.75) is 26.7 Å². The lowest BCUT2D eigenvalue weighted by Crippen LogP contribution is -2.19. The maximum atomic E-state index is 11.4. The van der Waals surface area contributed by atoms with Gasteiger partial charge >= 0.3 is 0 Å². The Morgan fingerprint density at radius 2 is 1.95 bits per heavy atom. The van der Waals surface area contributed by atoms with Crippen LogP contribution >= 0.6 is 0 Å². The van der Waals surface area contributed by atoms with Crippen LogP contribution in [0.1, 0.15) is 35.7 Å². The first-order chi connectivity index (χ1) is 9.10.